The molecule has 0 atom stereocenters. The van der Waals surface area contributed by atoms with Gasteiger partial charge in [0.15, 0.2) is 0 Å². The van der Waals surface area contributed by atoms with Crippen molar-refractivity contribution in [2.24, 2.45) is 5.92 Å². The molecule has 0 aromatic carbocycles. The second kappa shape index (κ2) is 15.7. The molecule has 90 valence electrons. The Balaban J connectivity index is -0.000000318. The fourth-order valence-corrected chi connectivity index (χ4v) is 1.24. The van der Waals surface area contributed by atoms with Crippen LogP contribution in [0.3, 0.4) is 0 Å². The molecule has 0 bridgehead atoms. The maximum atomic E-state index is 3.77. The molecule has 0 saturated carbocycles. The first-order chi connectivity index (χ1) is 7.17. The van der Waals surface area contributed by atoms with E-state index in [2.05, 4.69) is 39.5 Å². The van der Waals surface area contributed by atoms with E-state index in [4.69, 9.17) is 0 Å². The van der Waals surface area contributed by atoms with E-state index < -0.39 is 0 Å². The van der Waals surface area contributed by atoms with E-state index in [1.807, 2.05) is 40.7 Å². The van der Waals surface area contributed by atoms with Crippen molar-refractivity contribution in [1.29, 1.82) is 0 Å². The van der Waals surface area contributed by atoms with E-state index in [-0.39, 0.29) is 0 Å². The van der Waals surface area contributed by atoms with Crippen LogP contribution in [0.4, 0.5) is 0 Å². The number of hydrogen-bond donors (Lipinski definition) is 0. The van der Waals surface area contributed by atoms with E-state index in [1.54, 1.807) is 0 Å². The quantitative estimate of drug-likeness (QED) is 0.518. The summed E-state index contributed by atoms with van der Waals surface area (Å²) in [6.07, 6.45) is 6.17. The van der Waals surface area contributed by atoms with Gasteiger partial charge in [-0.25, -0.2) is 0 Å². The first-order valence-electron chi connectivity index (χ1n) is 6.12. The summed E-state index contributed by atoms with van der Waals surface area (Å²) in [5.74, 6) is 0.587. The zero-order chi connectivity index (χ0) is 12.9. The zero-order valence-corrected chi connectivity index (χ0v) is 12.0. The molecule has 0 N–H and O–H groups in total. The molecule has 0 aliphatic rings. The van der Waals surface area contributed by atoms with Crippen molar-refractivity contribution in [3.05, 3.63) is 36.0 Å². The largest absolute Gasteiger partial charge is 0.0985 e. The van der Waals surface area contributed by atoms with Crippen LogP contribution in [0.15, 0.2) is 36.0 Å². The Morgan fingerprint density at radius 2 is 1.33 bits per heavy atom. The van der Waals surface area contributed by atoms with Crippen molar-refractivity contribution in [3.63, 3.8) is 0 Å². The minimum absolute atomic E-state index is 0.587. The van der Waals surface area contributed by atoms with E-state index in [9.17, 15) is 0 Å². The van der Waals surface area contributed by atoms with Crippen molar-refractivity contribution in [2.75, 3.05) is 0 Å². The topological polar surface area (TPSA) is 0 Å². The zero-order valence-electron chi connectivity index (χ0n) is 12.0. The second-order valence-corrected chi connectivity index (χ2v) is 2.85. The third kappa shape index (κ3) is 9.52. The summed E-state index contributed by atoms with van der Waals surface area (Å²) < 4.78 is 0. The van der Waals surface area contributed by atoms with Crippen LogP contribution < -0.4 is 0 Å². The molecule has 0 amide bonds. The lowest BCUT2D eigenvalue weighted by atomic mass is 9.95. The Bertz CT molecular complexity index is 180. The predicted molar refractivity (Wildman–Crippen MR) is 75.2 cm³/mol. The SMILES string of the molecule is C=CC(=C/C)/C(=C\C)C(C)C.CC.CC. The summed E-state index contributed by atoms with van der Waals surface area (Å²) in [6.45, 7) is 20.3. The van der Waals surface area contributed by atoms with Crippen LogP contribution in [0.1, 0.15) is 55.4 Å². The summed E-state index contributed by atoms with van der Waals surface area (Å²) in [5.41, 5.74) is 2.63. The lowest BCUT2D eigenvalue weighted by molar-refractivity contribution is 0.780. The van der Waals surface area contributed by atoms with Crippen LogP contribution in [0, 0.1) is 5.92 Å². The van der Waals surface area contributed by atoms with Gasteiger partial charge >= 0.3 is 0 Å². The molecule has 0 heterocycles. The molecule has 15 heavy (non-hydrogen) atoms. The number of rotatable bonds is 3. The van der Waals surface area contributed by atoms with Gasteiger partial charge in [-0.05, 0) is 30.9 Å². The lowest BCUT2D eigenvalue weighted by Gasteiger charge is -2.10. The van der Waals surface area contributed by atoms with E-state index in [1.165, 1.54) is 11.1 Å². The summed E-state index contributed by atoms with van der Waals surface area (Å²) in [7, 11) is 0. The molecule has 0 unspecified atom stereocenters. The van der Waals surface area contributed by atoms with Crippen LogP contribution in [0.2, 0.25) is 0 Å². The molecule has 0 aromatic rings. The van der Waals surface area contributed by atoms with Gasteiger partial charge in [-0.2, -0.15) is 0 Å². The number of hydrogen-bond acceptors (Lipinski definition) is 0. The molecular formula is C15H30. The predicted octanol–water partition coefficient (Wildman–Crippen LogP) is 5.77. The first-order valence-corrected chi connectivity index (χ1v) is 6.12. The van der Waals surface area contributed by atoms with Crippen LogP contribution in [-0.2, 0) is 0 Å². The van der Waals surface area contributed by atoms with Gasteiger partial charge in [-0.1, -0.05) is 66.3 Å². The van der Waals surface area contributed by atoms with Crippen molar-refractivity contribution in [2.45, 2.75) is 55.4 Å². The highest BCUT2D eigenvalue weighted by molar-refractivity contribution is 5.38. The number of allylic oxidation sites excluding steroid dienone is 5. The van der Waals surface area contributed by atoms with E-state index in [0.717, 1.165) is 0 Å². The lowest BCUT2D eigenvalue weighted by Crippen LogP contribution is -1.95. The highest BCUT2D eigenvalue weighted by atomic mass is 14.1. The molecule has 0 nitrogen and oxygen atoms in total. The Morgan fingerprint density at radius 3 is 1.40 bits per heavy atom. The molecule has 0 aromatic heterocycles. The Kier molecular flexibility index (Phi) is 20.6. The van der Waals surface area contributed by atoms with Gasteiger partial charge in [-0.15, -0.1) is 0 Å². The first kappa shape index (κ1) is 19.7. The maximum Gasteiger partial charge on any atom is -0.0216 e. The fraction of sp³-hybridized carbons (Fsp3) is 0.600. The average Bonchev–Trinajstić information content (AvgIpc) is 2.30. The fourth-order valence-electron chi connectivity index (χ4n) is 1.24. The van der Waals surface area contributed by atoms with Crippen LogP contribution in [0.25, 0.3) is 0 Å². The van der Waals surface area contributed by atoms with Gasteiger partial charge < -0.3 is 0 Å². The highest BCUT2D eigenvalue weighted by Crippen LogP contribution is 2.19. The van der Waals surface area contributed by atoms with Crippen LogP contribution in [-0.4, -0.2) is 0 Å². The monoisotopic (exact) mass is 210 g/mol. The summed E-state index contributed by atoms with van der Waals surface area (Å²) in [4.78, 5) is 0. The Morgan fingerprint density at radius 1 is 0.933 bits per heavy atom. The third-order valence-electron chi connectivity index (χ3n) is 1.80. The van der Waals surface area contributed by atoms with Crippen LogP contribution in [0.5, 0.6) is 0 Å². The van der Waals surface area contributed by atoms with Crippen molar-refractivity contribution in [1.82, 2.24) is 0 Å². The normalized spacial score (nSPS) is 11.0. The Hall–Kier alpha value is -0.780. The molecule has 0 heteroatoms. The molecule has 0 spiro atoms. The minimum Gasteiger partial charge on any atom is -0.0985 e. The molecule has 0 aliphatic heterocycles. The molecule has 0 rings (SSSR count). The summed E-state index contributed by atoms with van der Waals surface area (Å²) in [6, 6.07) is 0. The van der Waals surface area contributed by atoms with Crippen LogP contribution >= 0.6 is 0 Å². The van der Waals surface area contributed by atoms with Crippen molar-refractivity contribution in [3.8, 4) is 0 Å². The Labute approximate surface area is 97.8 Å². The van der Waals surface area contributed by atoms with Crippen molar-refractivity contribution >= 4 is 0 Å². The van der Waals surface area contributed by atoms with Gasteiger partial charge in [0.1, 0.15) is 0 Å². The van der Waals surface area contributed by atoms with E-state index in [0.29, 0.717) is 5.92 Å². The maximum absolute atomic E-state index is 3.77. The van der Waals surface area contributed by atoms with Gasteiger partial charge in [-0.3, -0.25) is 0 Å². The van der Waals surface area contributed by atoms with Gasteiger partial charge in [0.2, 0.25) is 0 Å². The molecule has 0 aliphatic carbocycles. The second-order valence-electron chi connectivity index (χ2n) is 2.85. The molecule has 0 saturated heterocycles. The van der Waals surface area contributed by atoms with Gasteiger partial charge in [0.25, 0.3) is 0 Å². The molecular weight excluding hydrogens is 180 g/mol. The molecule has 0 fully saturated rings. The average molecular weight is 210 g/mol. The van der Waals surface area contributed by atoms with Gasteiger partial charge in [0, 0.05) is 0 Å². The standard InChI is InChI=1S/C11H18.2C2H6/c1-6-10(7-2)11(8-3)9(4)5;2*1-2/h6-9H,1H2,2-5H3;2*1-2H3/b10-7-,11-8-;;. The third-order valence-corrected chi connectivity index (χ3v) is 1.80. The van der Waals surface area contributed by atoms with E-state index >= 15 is 0 Å². The minimum atomic E-state index is 0.587. The summed E-state index contributed by atoms with van der Waals surface area (Å²) in [5, 5.41) is 0. The molecule has 0 radical (unpaired) electrons. The summed E-state index contributed by atoms with van der Waals surface area (Å²) >= 11 is 0. The van der Waals surface area contributed by atoms with Gasteiger partial charge in [0.05, 0.1) is 0 Å². The smallest absolute Gasteiger partial charge is 0.0216 e. The van der Waals surface area contributed by atoms with Crippen molar-refractivity contribution < 1.29 is 0 Å². The highest BCUT2D eigenvalue weighted by Gasteiger charge is 2.03.